The Hall–Kier alpha value is -0.280. The highest BCUT2D eigenvalue weighted by molar-refractivity contribution is 5.85. The molecule has 3 nitrogen and oxygen atoms in total. The van der Waals surface area contributed by atoms with Crippen LogP contribution in [0.25, 0.3) is 0 Å². The number of hydrogen-bond donors (Lipinski definition) is 1. The molecule has 0 aromatic carbocycles. The highest BCUT2D eigenvalue weighted by atomic mass is 35.5. The molecule has 0 aromatic heterocycles. The van der Waals surface area contributed by atoms with Gasteiger partial charge in [0.15, 0.2) is 0 Å². The fraction of sp³-hybridized carbons (Fsp3) is 0.875. The molecular formula is C8H16ClNO2. The summed E-state index contributed by atoms with van der Waals surface area (Å²) in [6, 6.07) is 0.592. The van der Waals surface area contributed by atoms with Crippen LogP contribution in [0, 0.1) is 0 Å². The molecular weight excluding hydrogens is 178 g/mol. The van der Waals surface area contributed by atoms with Crippen LogP contribution in [0.15, 0.2) is 0 Å². The normalized spacial score (nSPS) is 23.6. The molecule has 0 saturated carbocycles. The summed E-state index contributed by atoms with van der Waals surface area (Å²) < 4.78 is 0. The molecule has 1 atom stereocenters. The van der Waals surface area contributed by atoms with E-state index in [9.17, 15) is 4.79 Å². The second kappa shape index (κ2) is 5.38. The van der Waals surface area contributed by atoms with Crippen LogP contribution in [0.3, 0.4) is 0 Å². The minimum absolute atomic E-state index is 0. The molecule has 12 heavy (non-hydrogen) atoms. The first kappa shape index (κ1) is 11.7. The third-order valence-corrected chi connectivity index (χ3v) is 2.30. The van der Waals surface area contributed by atoms with E-state index in [0.717, 1.165) is 13.1 Å². The van der Waals surface area contributed by atoms with Crippen molar-refractivity contribution in [2.45, 2.75) is 32.2 Å². The Bertz CT molecular complexity index is 152. The molecule has 0 radical (unpaired) electrons. The van der Waals surface area contributed by atoms with Gasteiger partial charge >= 0.3 is 5.97 Å². The van der Waals surface area contributed by atoms with E-state index in [1.54, 1.807) is 0 Å². The van der Waals surface area contributed by atoms with E-state index in [-0.39, 0.29) is 18.8 Å². The number of likely N-dealkylation sites (tertiary alicyclic amines) is 1. The monoisotopic (exact) mass is 193 g/mol. The smallest absolute Gasteiger partial charge is 0.304 e. The van der Waals surface area contributed by atoms with Crippen molar-refractivity contribution in [1.82, 2.24) is 4.90 Å². The van der Waals surface area contributed by atoms with E-state index >= 15 is 0 Å². The molecule has 1 heterocycles. The first-order valence-electron chi connectivity index (χ1n) is 4.16. The lowest BCUT2D eigenvalue weighted by Gasteiger charge is -2.19. The number of halogens is 1. The molecule has 1 aliphatic rings. The van der Waals surface area contributed by atoms with E-state index < -0.39 is 5.97 Å². The van der Waals surface area contributed by atoms with Gasteiger partial charge in [0.2, 0.25) is 0 Å². The SMILES string of the molecule is CC1CCCN1CCC(=O)O.Cl. The third-order valence-electron chi connectivity index (χ3n) is 2.30. The first-order valence-corrected chi connectivity index (χ1v) is 4.16. The van der Waals surface area contributed by atoms with E-state index in [1.165, 1.54) is 12.8 Å². The van der Waals surface area contributed by atoms with Crippen LogP contribution in [-0.4, -0.2) is 35.1 Å². The van der Waals surface area contributed by atoms with Gasteiger partial charge in [-0.25, -0.2) is 0 Å². The molecule has 0 spiro atoms. The first-order chi connectivity index (χ1) is 5.20. The van der Waals surface area contributed by atoms with Gasteiger partial charge in [0, 0.05) is 12.6 Å². The second-order valence-electron chi connectivity index (χ2n) is 3.17. The second-order valence-corrected chi connectivity index (χ2v) is 3.17. The maximum atomic E-state index is 10.2. The number of carbonyl (C=O) groups is 1. The molecule has 1 aliphatic heterocycles. The molecule has 72 valence electrons. The van der Waals surface area contributed by atoms with Crippen LogP contribution in [0.5, 0.6) is 0 Å². The topological polar surface area (TPSA) is 40.5 Å². The highest BCUT2D eigenvalue weighted by Crippen LogP contribution is 2.15. The zero-order chi connectivity index (χ0) is 8.27. The Kier molecular flexibility index (Phi) is 5.25. The van der Waals surface area contributed by atoms with Crippen molar-refractivity contribution in [3.05, 3.63) is 0 Å². The Morgan fingerprint density at radius 3 is 2.75 bits per heavy atom. The van der Waals surface area contributed by atoms with Gasteiger partial charge < -0.3 is 10.0 Å². The number of carboxylic acids is 1. The largest absolute Gasteiger partial charge is 0.481 e. The summed E-state index contributed by atoms with van der Waals surface area (Å²) in [5, 5.41) is 8.43. The van der Waals surface area contributed by atoms with Crippen LogP contribution in [0.4, 0.5) is 0 Å². The molecule has 0 amide bonds. The van der Waals surface area contributed by atoms with Crippen molar-refractivity contribution in [1.29, 1.82) is 0 Å². The molecule has 1 saturated heterocycles. The Morgan fingerprint density at radius 1 is 1.67 bits per heavy atom. The fourth-order valence-corrected chi connectivity index (χ4v) is 1.56. The van der Waals surface area contributed by atoms with Gasteiger partial charge in [-0.15, -0.1) is 12.4 Å². The minimum atomic E-state index is -0.691. The number of hydrogen-bond acceptors (Lipinski definition) is 2. The summed E-state index contributed by atoms with van der Waals surface area (Å²) in [6.07, 6.45) is 2.73. The van der Waals surface area contributed by atoms with Crippen molar-refractivity contribution in [2.75, 3.05) is 13.1 Å². The quantitative estimate of drug-likeness (QED) is 0.736. The van der Waals surface area contributed by atoms with Gasteiger partial charge in [-0.3, -0.25) is 4.79 Å². The predicted octanol–water partition coefficient (Wildman–Crippen LogP) is 1.37. The molecule has 0 aliphatic carbocycles. The molecule has 1 N–H and O–H groups in total. The summed E-state index contributed by atoms with van der Waals surface area (Å²) >= 11 is 0. The summed E-state index contributed by atoms with van der Waals surface area (Å²) in [6.45, 7) is 3.96. The average Bonchev–Trinajstić information content (AvgIpc) is 2.31. The van der Waals surface area contributed by atoms with E-state index in [4.69, 9.17) is 5.11 Å². The van der Waals surface area contributed by atoms with Crippen LogP contribution in [0.1, 0.15) is 26.2 Å². The Morgan fingerprint density at radius 2 is 2.33 bits per heavy atom. The summed E-state index contributed by atoms with van der Waals surface area (Å²) in [7, 11) is 0. The number of aliphatic carboxylic acids is 1. The molecule has 0 aromatic rings. The molecule has 1 unspecified atom stereocenters. The standard InChI is InChI=1S/C8H15NO2.ClH/c1-7-3-2-5-9(7)6-4-8(10)11;/h7H,2-6H2,1H3,(H,10,11);1H. The molecule has 1 rings (SSSR count). The molecule has 1 fully saturated rings. The molecule has 4 heteroatoms. The lowest BCUT2D eigenvalue weighted by Crippen LogP contribution is -2.29. The van der Waals surface area contributed by atoms with Gasteiger partial charge in [0.25, 0.3) is 0 Å². The predicted molar refractivity (Wildman–Crippen MR) is 49.8 cm³/mol. The van der Waals surface area contributed by atoms with E-state index in [0.29, 0.717) is 6.04 Å². The van der Waals surface area contributed by atoms with Gasteiger partial charge in [0.05, 0.1) is 6.42 Å². The maximum absolute atomic E-state index is 10.2. The van der Waals surface area contributed by atoms with Crippen molar-refractivity contribution in [3.8, 4) is 0 Å². The van der Waals surface area contributed by atoms with E-state index in [2.05, 4.69) is 11.8 Å². The molecule has 0 bridgehead atoms. The minimum Gasteiger partial charge on any atom is -0.481 e. The lowest BCUT2D eigenvalue weighted by molar-refractivity contribution is -0.137. The van der Waals surface area contributed by atoms with Crippen molar-refractivity contribution >= 4 is 18.4 Å². The van der Waals surface area contributed by atoms with Crippen LogP contribution >= 0.6 is 12.4 Å². The summed E-state index contributed by atoms with van der Waals surface area (Å²) in [5.74, 6) is -0.691. The summed E-state index contributed by atoms with van der Waals surface area (Å²) in [4.78, 5) is 12.5. The lowest BCUT2D eigenvalue weighted by atomic mass is 10.2. The van der Waals surface area contributed by atoms with Crippen LogP contribution in [0.2, 0.25) is 0 Å². The van der Waals surface area contributed by atoms with E-state index in [1.807, 2.05) is 0 Å². The van der Waals surface area contributed by atoms with Gasteiger partial charge in [-0.05, 0) is 26.3 Å². The van der Waals surface area contributed by atoms with Gasteiger partial charge in [-0.2, -0.15) is 0 Å². The zero-order valence-electron chi connectivity index (χ0n) is 7.32. The van der Waals surface area contributed by atoms with Crippen LogP contribution < -0.4 is 0 Å². The number of nitrogens with zero attached hydrogens (tertiary/aromatic N) is 1. The van der Waals surface area contributed by atoms with Crippen molar-refractivity contribution < 1.29 is 9.90 Å². The maximum Gasteiger partial charge on any atom is 0.304 e. The van der Waals surface area contributed by atoms with Crippen molar-refractivity contribution in [2.24, 2.45) is 0 Å². The Balaban J connectivity index is 0.00000121. The third kappa shape index (κ3) is 3.41. The number of rotatable bonds is 3. The van der Waals surface area contributed by atoms with Crippen LogP contribution in [-0.2, 0) is 4.79 Å². The zero-order valence-corrected chi connectivity index (χ0v) is 8.14. The van der Waals surface area contributed by atoms with Crippen molar-refractivity contribution in [3.63, 3.8) is 0 Å². The highest BCUT2D eigenvalue weighted by Gasteiger charge is 2.19. The fourth-order valence-electron chi connectivity index (χ4n) is 1.56. The Labute approximate surface area is 79.2 Å². The summed E-state index contributed by atoms with van der Waals surface area (Å²) in [5.41, 5.74) is 0. The van der Waals surface area contributed by atoms with Gasteiger partial charge in [-0.1, -0.05) is 0 Å². The average molecular weight is 194 g/mol. The van der Waals surface area contributed by atoms with Gasteiger partial charge in [0.1, 0.15) is 0 Å². The number of carboxylic acid groups (broad SMARTS) is 1.